The molecule has 10 heteroatoms. The summed E-state index contributed by atoms with van der Waals surface area (Å²) in [4.78, 5) is 23.6. The Balaban J connectivity index is 1.75. The molecule has 0 saturated carbocycles. The van der Waals surface area contributed by atoms with Crippen molar-refractivity contribution in [1.82, 2.24) is 9.29 Å². The highest BCUT2D eigenvalue weighted by molar-refractivity contribution is 7.90. The first-order valence-corrected chi connectivity index (χ1v) is 10.3. The van der Waals surface area contributed by atoms with Gasteiger partial charge in [0.15, 0.2) is 0 Å². The van der Waals surface area contributed by atoms with Crippen molar-refractivity contribution in [1.29, 1.82) is 0 Å². The van der Waals surface area contributed by atoms with Gasteiger partial charge < -0.3 is 14.6 Å². The fourth-order valence-electron chi connectivity index (χ4n) is 2.76. The molecule has 1 aromatic heterocycles. The van der Waals surface area contributed by atoms with Gasteiger partial charge in [-0.3, -0.25) is 4.79 Å². The highest BCUT2D eigenvalue weighted by Crippen LogP contribution is 2.24. The topological polar surface area (TPSA) is 106 Å². The summed E-state index contributed by atoms with van der Waals surface area (Å²) in [6, 6.07) is 12.2. The lowest BCUT2D eigenvalue weighted by Gasteiger charge is -2.16. The monoisotopic (exact) mass is 435 g/mol. The van der Waals surface area contributed by atoms with Crippen LogP contribution in [0.25, 0.3) is 10.9 Å². The second-order valence-corrected chi connectivity index (χ2v) is 8.33. The van der Waals surface area contributed by atoms with Crippen molar-refractivity contribution < 1.29 is 22.7 Å². The van der Waals surface area contributed by atoms with Crippen molar-refractivity contribution in [3.8, 4) is 0 Å². The van der Waals surface area contributed by atoms with Crippen LogP contribution < -0.4 is 10.0 Å². The maximum absolute atomic E-state index is 12.6. The number of halogens is 1. The molecule has 0 aliphatic carbocycles. The molecule has 0 saturated heterocycles. The van der Waals surface area contributed by atoms with Crippen molar-refractivity contribution in [2.24, 2.45) is 0 Å². The molecule has 8 nitrogen and oxygen atoms in total. The molecule has 1 atom stereocenters. The summed E-state index contributed by atoms with van der Waals surface area (Å²) in [7, 11) is -2.99. The third-order valence-electron chi connectivity index (χ3n) is 4.32. The average Bonchev–Trinajstić information content (AvgIpc) is 3.10. The summed E-state index contributed by atoms with van der Waals surface area (Å²) in [5, 5.41) is 4.27. The minimum Gasteiger partial charge on any atom is -0.452 e. The molecule has 0 aliphatic heterocycles. The van der Waals surface area contributed by atoms with Crippen molar-refractivity contribution in [2.75, 3.05) is 12.4 Å². The van der Waals surface area contributed by atoms with E-state index in [0.29, 0.717) is 10.7 Å². The standard InChI is InChI=1S/C19H18ClN3O5S/c1-12(23-10-9-13-3-4-14(20)11-17(13)23)18(24)21-15-5-7-16(8-6-15)29(26,27)22-19(25)28-2/h3-12H,1-2H3,(H,21,24)(H,22,25)/t12-/m1/s1. The first kappa shape index (κ1) is 20.7. The van der Waals surface area contributed by atoms with Gasteiger partial charge in [-0.25, -0.2) is 17.9 Å². The average molecular weight is 436 g/mol. The molecule has 2 aromatic carbocycles. The van der Waals surface area contributed by atoms with Crippen LogP contribution in [-0.4, -0.2) is 32.1 Å². The van der Waals surface area contributed by atoms with Crippen LogP contribution in [0.1, 0.15) is 13.0 Å². The molecule has 3 rings (SSSR count). The van der Waals surface area contributed by atoms with E-state index < -0.39 is 22.2 Å². The number of fused-ring (bicyclic) bond motifs is 1. The summed E-state index contributed by atoms with van der Waals surface area (Å²) in [6.07, 6.45) is 0.717. The smallest absolute Gasteiger partial charge is 0.420 e. The fourth-order valence-corrected chi connectivity index (χ4v) is 3.84. The van der Waals surface area contributed by atoms with Gasteiger partial charge in [0.2, 0.25) is 5.91 Å². The third-order valence-corrected chi connectivity index (χ3v) is 5.88. The van der Waals surface area contributed by atoms with Gasteiger partial charge >= 0.3 is 6.09 Å². The Morgan fingerprint density at radius 3 is 2.45 bits per heavy atom. The third kappa shape index (κ3) is 4.52. The zero-order chi connectivity index (χ0) is 21.2. The Morgan fingerprint density at radius 1 is 1.10 bits per heavy atom. The Kier molecular flexibility index (Phi) is 5.81. The second kappa shape index (κ2) is 8.14. The van der Waals surface area contributed by atoms with Crippen LogP contribution >= 0.6 is 11.6 Å². The molecular weight excluding hydrogens is 418 g/mol. The molecule has 0 radical (unpaired) electrons. The predicted molar refractivity (Wildman–Crippen MR) is 109 cm³/mol. The van der Waals surface area contributed by atoms with E-state index in [1.165, 1.54) is 24.3 Å². The van der Waals surface area contributed by atoms with Crippen LogP contribution in [0.3, 0.4) is 0 Å². The number of ether oxygens (including phenoxy) is 1. The Morgan fingerprint density at radius 2 is 1.79 bits per heavy atom. The van der Waals surface area contributed by atoms with E-state index in [0.717, 1.165) is 18.0 Å². The van der Waals surface area contributed by atoms with Gasteiger partial charge in [-0.2, -0.15) is 0 Å². The van der Waals surface area contributed by atoms with Gasteiger partial charge in [0.1, 0.15) is 6.04 Å². The highest BCUT2D eigenvalue weighted by atomic mass is 35.5. The Hall–Kier alpha value is -3.04. The van der Waals surface area contributed by atoms with E-state index in [9.17, 15) is 18.0 Å². The SMILES string of the molecule is COC(=O)NS(=O)(=O)c1ccc(NC(=O)[C@@H](C)n2ccc3ccc(Cl)cc32)cc1. The van der Waals surface area contributed by atoms with E-state index in [2.05, 4.69) is 10.1 Å². The van der Waals surface area contributed by atoms with Crippen molar-refractivity contribution in [2.45, 2.75) is 17.9 Å². The largest absolute Gasteiger partial charge is 0.452 e. The van der Waals surface area contributed by atoms with Crippen LogP contribution in [0.2, 0.25) is 5.02 Å². The van der Waals surface area contributed by atoms with Crippen LogP contribution in [-0.2, 0) is 19.6 Å². The number of anilines is 1. The molecule has 29 heavy (non-hydrogen) atoms. The second-order valence-electron chi connectivity index (χ2n) is 6.21. The molecule has 0 bridgehead atoms. The first-order chi connectivity index (χ1) is 13.7. The molecule has 0 fully saturated rings. The number of nitrogens with one attached hydrogen (secondary N) is 2. The number of hydrogen-bond acceptors (Lipinski definition) is 5. The van der Waals surface area contributed by atoms with Gasteiger partial charge in [0, 0.05) is 16.9 Å². The summed E-state index contributed by atoms with van der Waals surface area (Å²) < 4.78 is 31.9. The fraction of sp³-hybridized carbons (Fsp3) is 0.158. The normalized spacial score (nSPS) is 12.4. The Bertz CT molecular complexity index is 1170. The van der Waals surface area contributed by atoms with Crippen LogP contribution in [0.4, 0.5) is 10.5 Å². The van der Waals surface area contributed by atoms with Crippen LogP contribution in [0, 0.1) is 0 Å². The molecule has 3 aromatic rings. The number of sulfonamides is 1. The molecular formula is C19H18ClN3O5S. The molecule has 152 valence electrons. The lowest BCUT2D eigenvalue weighted by molar-refractivity contribution is -0.118. The number of methoxy groups -OCH3 is 1. The van der Waals surface area contributed by atoms with Crippen molar-refractivity contribution in [3.05, 3.63) is 59.8 Å². The number of amides is 2. The van der Waals surface area contributed by atoms with Gasteiger partial charge in [-0.1, -0.05) is 17.7 Å². The molecule has 2 amide bonds. The number of hydrogen-bond donors (Lipinski definition) is 2. The maximum atomic E-state index is 12.6. The number of nitrogens with zero attached hydrogens (tertiary/aromatic N) is 1. The zero-order valence-electron chi connectivity index (χ0n) is 15.5. The van der Waals surface area contributed by atoms with E-state index >= 15 is 0 Å². The van der Waals surface area contributed by atoms with Gasteiger partial charge in [-0.15, -0.1) is 0 Å². The number of carbonyl (C=O) groups is 2. The minimum absolute atomic E-state index is 0.139. The lowest BCUT2D eigenvalue weighted by atomic mass is 10.2. The summed E-state index contributed by atoms with van der Waals surface area (Å²) in [5.74, 6) is -0.286. The van der Waals surface area contributed by atoms with Gasteiger partial charge in [-0.05, 0) is 54.8 Å². The molecule has 0 unspecified atom stereocenters. The van der Waals surface area contributed by atoms with Crippen molar-refractivity contribution >= 4 is 50.2 Å². The molecule has 1 heterocycles. The highest BCUT2D eigenvalue weighted by Gasteiger charge is 2.19. The van der Waals surface area contributed by atoms with Crippen molar-refractivity contribution in [3.63, 3.8) is 0 Å². The number of aromatic nitrogens is 1. The van der Waals surface area contributed by atoms with Crippen LogP contribution in [0.15, 0.2) is 59.6 Å². The van der Waals surface area contributed by atoms with Crippen LogP contribution in [0.5, 0.6) is 0 Å². The summed E-state index contributed by atoms with van der Waals surface area (Å²) in [5.41, 5.74) is 1.24. The number of benzene rings is 2. The maximum Gasteiger partial charge on any atom is 0.420 e. The number of rotatable bonds is 5. The first-order valence-electron chi connectivity index (χ1n) is 8.49. The summed E-state index contributed by atoms with van der Waals surface area (Å²) in [6.45, 7) is 1.74. The van der Waals surface area contributed by atoms with Gasteiger partial charge in [0.25, 0.3) is 10.0 Å². The van der Waals surface area contributed by atoms with Gasteiger partial charge in [0.05, 0.1) is 17.5 Å². The lowest BCUT2D eigenvalue weighted by Crippen LogP contribution is -2.30. The van der Waals surface area contributed by atoms with E-state index in [1.807, 2.05) is 12.1 Å². The minimum atomic E-state index is -4.05. The van der Waals surface area contributed by atoms with E-state index in [-0.39, 0.29) is 10.8 Å². The Labute approximate surface area is 172 Å². The summed E-state index contributed by atoms with van der Waals surface area (Å²) >= 11 is 6.06. The van der Waals surface area contributed by atoms with E-state index in [1.54, 1.807) is 34.5 Å². The van der Waals surface area contributed by atoms with E-state index in [4.69, 9.17) is 11.6 Å². The zero-order valence-corrected chi connectivity index (χ0v) is 17.1. The predicted octanol–water partition coefficient (Wildman–Crippen LogP) is 3.54. The molecule has 0 aliphatic rings. The number of carbonyl (C=O) groups excluding carboxylic acids is 2. The quantitative estimate of drug-likeness (QED) is 0.637. The molecule has 0 spiro atoms. The molecule has 2 N–H and O–H groups in total.